The molecule has 0 aliphatic heterocycles. The predicted molar refractivity (Wildman–Crippen MR) is 97.1 cm³/mol. The number of benzene rings is 2. The van der Waals surface area contributed by atoms with Gasteiger partial charge in [-0.15, -0.1) is 0 Å². The van der Waals surface area contributed by atoms with Crippen molar-refractivity contribution >= 4 is 11.6 Å². The second kappa shape index (κ2) is 7.47. The molecule has 0 unspecified atom stereocenters. The van der Waals surface area contributed by atoms with Gasteiger partial charge in [-0.25, -0.2) is 0 Å². The molecule has 1 aliphatic rings. The first-order valence-corrected chi connectivity index (χ1v) is 8.39. The lowest BCUT2D eigenvalue weighted by atomic mass is 9.91. The smallest absolute Gasteiger partial charge is 0.256 e. The highest BCUT2D eigenvalue weighted by molar-refractivity contribution is 6.05. The van der Waals surface area contributed by atoms with Crippen molar-refractivity contribution in [2.45, 2.75) is 25.7 Å². The van der Waals surface area contributed by atoms with Crippen molar-refractivity contribution in [2.75, 3.05) is 26.6 Å². The van der Waals surface area contributed by atoms with Gasteiger partial charge in [0.15, 0.2) is 0 Å². The van der Waals surface area contributed by atoms with E-state index in [9.17, 15) is 4.79 Å². The molecule has 0 saturated carbocycles. The Balaban J connectivity index is 1.90. The largest absolute Gasteiger partial charge is 0.497 e. The first kappa shape index (κ1) is 17.1. The zero-order chi connectivity index (χ0) is 17.8. The maximum Gasteiger partial charge on any atom is 0.256 e. The molecule has 25 heavy (non-hydrogen) atoms. The average molecular weight is 341 g/mol. The van der Waals surface area contributed by atoms with Gasteiger partial charge in [-0.2, -0.15) is 0 Å². The molecule has 2 aromatic carbocycles. The van der Waals surface area contributed by atoms with Crippen molar-refractivity contribution in [2.24, 2.45) is 0 Å². The Labute approximate surface area is 147 Å². The number of methoxy groups -OCH3 is 3. The summed E-state index contributed by atoms with van der Waals surface area (Å²) in [4.78, 5) is 12.7. The van der Waals surface area contributed by atoms with Crippen LogP contribution in [0.25, 0.3) is 0 Å². The lowest BCUT2D eigenvalue weighted by Gasteiger charge is -2.19. The third kappa shape index (κ3) is 3.71. The SMILES string of the molecule is COc1cc(OC)cc(C(=O)Nc2cc3c(cc2OC)CCCC3)c1. The van der Waals surface area contributed by atoms with Crippen LogP contribution in [-0.2, 0) is 12.8 Å². The number of ether oxygens (including phenoxy) is 3. The molecule has 0 bridgehead atoms. The van der Waals surface area contributed by atoms with Crippen molar-refractivity contribution in [1.29, 1.82) is 0 Å². The zero-order valence-corrected chi connectivity index (χ0v) is 14.8. The summed E-state index contributed by atoms with van der Waals surface area (Å²) in [6, 6.07) is 9.17. The molecular weight excluding hydrogens is 318 g/mol. The Morgan fingerprint density at radius 1 is 0.840 bits per heavy atom. The van der Waals surface area contributed by atoms with Crippen molar-refractivity contribution in [1.82, 2.24) is 0 Å². The Morgan fingerprint density at radius 2 is 1.44 bits per heavy atom. The van der Waals surface area contributed by atoms with Gasteiger partial charge in [0.05, 0.1) is 27.0 Å². The number of aryl methyl sites for hydroxylation is 2. The number of nitrogens with one attached hydrogen (secondary N) is 1. The van der Waals surface area contributed by atoms with Crippen molar-refractivity contribution in [3.8, 4) is 17.2 Å². The molecule has 5 heteroatoms. The van der Waals surface area contributed by atoms with Crippen molar-refractivity contribution in [3.63, 3.8) is 0 Å². The summed E-state index contributed by atoms with van der Waals surface area (Å²) in [5.41, 5.74) is 3.75. The maximum atomic E-state index is 12.7. The summed E-state index contributed by atoms with van der Waals surface area (Å²) >= 11 is 0. The standard InChI is InChI=1S/C20H23NO4/c1-23-16-8-15(9-17(12-16)24-2)20(22)21-18-10-13-6-4-5-7-14(13)11-19(18)25-3/h8-12H,4-7H2,1-3H3,(H,21,22). The number of amides is 1. The fourth-order valence-electron chi connectivity index (χ4n) is 3.16. The van der Waals surface area contributed by atoms with Gasteiger partial charge in [-0.1, -0.05) is 0 Å². The average Bonchev–Trinajstić information content (AvgIpc) is 2.66. The molecule has 0 saturated heterocycles. The van der Waals surface area contributed by atoms with Gasteiger partial charge in [0.25, 0.3) is 5.91 Å². The fourth-order valence-corrected chi connectivity index (χ4v) is 3.16. The molecule has 1 amide bonds. The van der Waals surface area contributed by atoms with Gasteiger partial charge in [-0.05, 0) is 61.1 Å². The van der Waals surface area contributed by atoms with Crippen LogP contribution in [-0.4, -0.2) is 27.2 Å². The van der Waals surface area contributed by atoms with Crippen LogP contribution in [0.3, 0.4) is 0 Å². The molecule has 5 nitrogen and oxygen atoms in total. The second-order valence-corrected chi connectivity index (χ2v) is 6.08. The highest BCUT2D eigenvalue weighted by Crippen LogP contribution is 2.33. The molecule has 0 aromatic heterocycles. The summed E-state index contributed by atoms with van der Waals surface area (Å²) < 4.78 is 15.9. The molecular formula is C20H23NO4. The molecule has 132 valence electrons. The maximum absolute atomic E-state index is 12.7. The minimum absolute atomic E-state index is 0.230. The van der Waals surface area contributed by atoms with E-state index in [0.717, 1.165) is 12.8 Å². The van der Waals surface area contributed by atoms with Crippen LogP contribution in [0.15, 0.2) is 30.3 Å². The van der Waals surface area contributed by atoms with Gasteiger partial charge >= 0.3 is 0 Å². The molecule has 0 spiro atoms. The summed E-state index contributed by atoms with van der Waals surface area (Å²) in [7, 11) is 4.74. The van der Waals surface area contributed by atoms with E-state index in [2.05, 4.69) is 5.32 Å². The minimum Gasteiger partial charge on any atom is -0.497 e. The number of hydrogen-bond acceptors (Lipinski definition) is 4. The number of hydrogen-bond donors (Lipinski definition) is 1. The van der Waals surface area contributed by atoms with Crippen LogP contribution in [0.1, 0.15) is 34.3 Å². The Kier molecular flexibility index (Phi) is 5.12. The molecule has 0 atom stereocenters. The number of carbonyl (C=O) groups is 1. The molecule has 1 N–H and O–H groups in total. The normalized spacial score (nSPS) is 12.9. The highest BCUT2D eigenvalue weighted by atomic mass is 16.5. The summed E-state index contributed by atoms with van der Waals surface area (Å²) in [5, 5.41) is 2.96. The fraction of sp³-hybridized carbons (Fsp3) is 0.350. The third-order valence-corrected chi connectivity index (χ3v) is 4.53. The summed E-state index contributed by atoms with van der Waals surface area (Å²) in [6.45, 7) is 0. The van der Waals surface area contributed by atoms with Gasteiger partial charge in [-0.3, -0.25) is 4.79 Å². The quantitative estimate of drug-likeness (QED) is 0.898. The summed E-state index contributed by atoms with van der Waals surface area (Å²) in [6.07, 6.45) is 4.48. The third-order valence-electron chi connectivity index (χ3n) is 4.53. The highest BCUT2D eigenvalue weighted by Gasteiger charge is 2.17. The van der Waals surface area contributed by atoms with Crippen molar-refractivity contribution < 1.29 is 19.0 Å². The molecule has 1 aliphatic carbocycles. The number of anilines is 1. The lowest BCUT2D eigenvalue weighted by Crippen LogP contribution is -2.14. The predicted octanol–water partition coefficient (Wildman–Crippen LogP) is 3.84. The van der Waals surface area contributed by atoms with Crippen molar-refractivity contribution in [3.05, 3.63) is 47.0 Å². The van der Waals surface area contributed by atoms with E-state index in [0.29, 0.717) is 28.5 Å². The van der Waals surface area contributed by atoms with Crippen LogP contribution in [0.5, 0.6) is 17.2 Å². The molecule has 2 aromatic rings. The van der Waals surface area contributed by atoms with E-state index >= 15 is 0 Å². The molecule has 0 fully saturated rings. The van der Waals surface area contributed by atoms with Gasteiger partial charge < -0.3 is 19.5 Å². The topological polar surface area (TPSA) is 56.8 Å². The first-order chi connectivity index (χ1) is 12.1. The number of rotatable bonds is 5. The van der Waals surface area contributed by atoms with E-state index in [-0.39, 0.29) is 5.91 Å². The Morgan fingerprint density at radius 3 is 2.00 bits per heavy atom. The minimum atomic E-state index is -0.230. The number of carbonyl (C=O) groups excluding carboxylic acids is 1. The second-order valence-electron chi connectivity index (χ2n) is 6.08. The molecule has 3 rings (SSSR count). The van der Waals surface area contributed by atoms with E-state index in [1.165, 1.54) is 24.0 Å². The van der Waals surface area contributed by atoms with Crippen LogP contribution in [0, 0.1) is 0 Å². The monoisotopic (exact) mass is 341 g/mol. The van der Waals surface area contributed by atoms with E-state index in [1.807, 2.05) is 12.1 Å². The molecule has 0 radical (unpaired) electrons. The van der Waals surface area contributed by atoms with E-state index < -0.39 is 0 Å². The Bertz CT molecular complexity index is 763. The molecule has 0 heterocycles. The van der Waals surface area contributed by atoms with Gasteiger partial charge in [0.1, 0.15) is 17.2 Å². The first-order valence-electron chi connectivity index (χ1n) is 8.39. The Hall–Kier alpha value is -2.69. The lowest BCUT2D eigenvalue weighted by molar-refractivity contribution is 0.102. The van der Waals surface area contributed by atoms with Crippen LogP contribution in [0.2, 0.25) is 0 Å². The van der Waals surface area contributed by atoms with Crippen LogP contribution in [0.4, 0.5) is 5.69 Å². The van der Waals surface area contributed by atoms with E-state index in [4.69, 9.17) is 14.2 Å². The van der Waals surface area contributed by atoms with Gasteiger partial charge in [0.2, 0.25) is 0 Å². The summed E-state index contributed by atoms with van der Waals surface area (Å²) in [5.74, 6) is 1.60. The zero-order valence-electron chi connectivity index (χ0n) is 14.8. The van der Waals surface area contributed by atoms with Gasteiger partial charge in [0, 0.05) is 11.6 Å². The van der Waals surface area contributed by atoms with Crippen LogP contribution >= 0.6 is 0 Å². The number of fused-ring (bicyclic) bond motifs is 1. The van der Waals surface area contributed by atoms with E-state index in [1.54, 1.807) is 39.5 Å². The van der Waals surface area contributed by atoms with Crippen LogP contribution < -0.4 is 19.5 Å².